The average molecular weight is 526 g/mol. The van der Waals surface area contributed by atoms with Crippen LogP contribution < -0.4 is 10.6 Å². The molecular formula is C24H24ClF4N5O2. The van der Waals surface area contributed by atoms with Crippen molar-refractivity contribution in [2.45, 2.75) is 37.5 Å². The van der Waals surface area contributed by atoms with Gasteiger partial charge in [0.15, 0.2) is 0 Å². The molecule has 0 spiro atoms. The van der Waals surface area contributed by atoms with E-state index in [2.05, 4.69) is 15.6 Å². The summed E-state index contributed by atoms with van der Waals surface area (Å²) < 4.78 is 53.6. The van der Waals surface area contributed by atoms with Crippen LogP contribution in [0.25, 0.3) is 5.52 Å². The van der Waals surface area contributed by atoms with Crippen LogP contribution in [0.1, 0.15) is 35.2 Å². The van der Waals surface area contributed by atoms with Crippen molar-refractivity contribution in [1.29, 1.82) is 0 Å². The maximum absolute atomic E-state index is 14.1. The number of nitrogens with one attached hydrogen (secondary N) is 2. The third-order valence-corrected chi connectivity index (χ3v) is 6.44. The normalized spacial score (nSPS) is 19.3. The monoisotopic (exact) mass is 525 g/mol. The predicted molar refractivity (Wildman–Crippen MR) is 125 cm³/mol. The van der Waals surface area contributed by atoms with Crippen molar-refractivity contribution < 1.29 is 27.2 Å². The first kappa shape index (κ1) is 25.9. The van der Waals surface area contributed by atoms with Crippen LogP contribution in [0.3, 0.4) is 0 Å². The first-order valence-corrected chi connectivity index (χ1v) is 11.7. The van der Waals surface area contributed by atoms with Gasteiger partial charge in [-0.25, -0.2) is 9.37 Å². The van der Waals surface area contributed by atoms with Crippen molar-refractivity contribution in [3.05, 3.63) is 71.0 Å². The lowest BCUT2D eigenvalue weighted by Gasteiger charge is -2.40. The van der Waals surface area contributed by atoms with Crippen molar-refractivity contribution >= 4 is 28.9 Å². The molecule has 2 N–H and O–H groups in total. The molecule has 3 heterocycles. The molecule has 0 unspecified atom stereocenters. The van der Waals surface area contributed by atoms with Crippen LogP contribution in [0.2, 0.25) is 5.02 Å². The third kappa shape index (κ3) is 5.96. The minimum absolute atomic E-state index is 0.0740. The molecule has 1 aliphatic heterocycles. The average Bonchev–Trinajstić information content (AvgIpc) is 3.30. The predicted octanol–water partition coefficient (Wildman–Crippen LogP) is 3.78. The summed E-state index contributed by atoms with van der Waals surface area (Å²) in [5.74, 6) is -1.90. The van der Waals surface area contributed by atoms with Crippen LogP contribution in [-0.2, 0) is 4.79 Å². The number of likely N-dealkylation sites (tertiary alicyclic amines) is 1. The van der Waals surface area contributed by atoms with Gasteiger partial charge in [0, 0.05) is 30.2 Å². The number of hydrogen-bond donors (Lipinski definition) is 2. The molecule has 1 aromatic carbocycles. The number of nitrogens with zero attached hydrogens (tertiary/aromatic N) is 3. The van der Waals surface area contributed by atoms with E-state index in [1.54, 1.807) is 46.2 Å². The molecule has 0 saturated carbocycles. The standard InChI is InChI=1S/C24H24ClF4N5O2/c1-14(31-12-24(27,28)29)22(35)32-20-11-33(6-4-18(20)15-7-16(25)9-17(26)8-15)23(36)19-3-2-5-34-13-30-10-21(19)34/h2-3,5,7-10,13-14,18,20,31H,4,6,11-12H2,1H3,(H,32,35)/t14-,18-,20+/m0/s1. The van der Waals surface area contributed by atoms with E-state index in [9.17, 15) is 27.2 Å². The van der Waals surface area contributed by atoms with E-state index in [-0.39, 0.29) is 17.5 Å². The van der Waals surface area contributed by atoms with Gasteiger partial charge in [0.05, 0.1) is 42.2 Å². The summed E-state index contributed by atoms with van der Waals surface area (Å²) in [7, 11) is 0. The number of halogens is 5. The highest BCUT2D eigenvalue weighted by Gasteiger charge is 2.36. The number of carbonyl (C=O) groups excluding carboxylic acids is 2. The Hall–Kier alpha value is -3.18. The molecule has 1 fully saturated rings. The summed E-state index contributed by atoms with van der Waals surface area (Å²) in [5, 5.41) is 5.10. The largest absolute Gasteiger partial charge is 0.401 e. The van der Waals surface area contributed by atoms with E-state index >= 15 is 0 Å². The summed E-state index contributed by atoms with van der Waals surface area (Å²) in [6, 6.07) is 5.62. The van der Waals surface area contributed by atoms with Crippen LogP contribution in [0.15, 0.2) is 49.1 Å². The number of piperidine rings is 1. The van der Waals surface area contributed by atoms with Crippen molar-refractivity contribution in [3.63, 3.8) is 0 Å². The second kappa shape index (κ2) is 10.4. The van der Waals surface area contributed by atoms with Crippen LogP contribution in [0, 0.1) is 5.82 Å². The molecule has 2 aromatic heterocycles. The summed E-state index contributed by atoms with van der Waals surface area (Å²) in [4.78, 5) is 31.8. The second-order valence-corrected chi connectivity index (χ2v) is 9.23. The lowest BCUT2D eigenvalue weighted by molar-refractivity contribution is -0.132. The molecule has 192 valence electrons. The summed E-state index contributed by atoms with van der Waals surface area (Å²) in [6.07, 6.45) is 0.811. The number of alkyl halides is 3. The molecule has 1 aliphatic rings. The number of amides is 2. The maximum atomic E-state index is 14.1. The smallest absolute Gasteiger partial charge is 0.350 e. The fraction of sp³-hybridized carbons (Fsp3) is 0.375. The molecule has 2 amide bonds. The maximum Gasteiger partial charge on any atom is 0.401 e. The summed E-state index contributed by atoms with van der Waals surface area (Å²) in [6.45, 7) is 0.391. The van der Waals surface area contributed by atoms with Gasteiger partial charge in [0.25, 0.3) is 5.91 Å². The van der Waals surface area contributed by atoms with Crippen molar-refractivity contribution in [3.8, 4) is 0 Å². The van der Waals surface area contributed by atoms with Crippen molar-refractivity contribution in [2.75, 3.05) is 19.6 Å². The summed E-state index contributed by atoms with van der Waals surface area (Å²) in [5.41, 5.74) is 1.57. The van der Waals surface area contributed by atoms with E-state index < -0.39 is 42.4 Å². The number of rotatable bonds is 6. The molecule has 0 aliphatic carbocycles. The quantitative estimate of drug-likeness (QED) is 0.480. The van der Waals surface area contributed by atoms with E-state index in [0.717, 1.165) is 6.07 Å². The molecule has 1 saturated heterocycles. The SMILES string of the molecule is C[C@H](NCC(F)(F)F)C(=O)N[C@@H]1CN(C(=O)c2cccn3cncc23)CC[C@H]1c1cc(F)cc(Cl)c1. The Morgan fingerprint density at radius 3 is 2.78 bits per heavy atom. The zero-order valence-electron chi connectivity index (χ0n) is 19.2. The zero-order chi connectivity index (χ0) is 26.0. The number of pyridine rings is 1. The molecule has 36 heavy (non-hydrogen) atoms. The highest BCUT2D eigenvalue weighted by atomic mass is 35.5. The van der Waals surface area contributed by atoms with Crippen LogP contribution in [0.5, 0.6) is 0 Å². The molecule has 7 nitrogen and oxygen atoms in total. The summed E-state index contributed by atoms with van der Waals surface area (Å²) >= 11 is 6.04. The van der Waals surface area contributed by atoms with E-state index in [1.165, 1.54) is 13.0 Å². The Morgan fingerprint density at radius 1 is 1.28 bits per heavy atom. The minimum atomic E-state index is -4.47. The fourth-order valence-corrected chi connectivity index (χ4v) is 4.67. The molecule has 4 rings (SSSR count). The highest BCUT2D eigenvalue weighted by molar-refractivity contribution is 6.30. The van der Waals surface area contributed by atoms with Crippen LogP contribution in [0.4, 0.5) is 17.6 Å². The number of fused-ring (bicyclic) bond motifs is 1. The number of benzene rings is 1. The Balaban J connectivity index is 1.57. The Kier molecular flexibility index (Phi) is 7.51. The Bertz CT molecular complexity index is 1240. The molecule has 0 radical (unpaired) electrons. The fourth-order valence-electron chi connectivity index (χ4n) is 4.44. The van der Waals surface area contributed by atoms with E-state index in [1.807, 2.05) is 0 Å². The second-order valence-electron chi connectivity index (χ2n) is 8.79. The lowest BCUT2D eigenvalue weighted by atomic mass is 9.84. The van der Waals surface area contributed by atoms with Gasteiger partial charge in [-0.1, -0.05) is 11.6 Å². The van der Waals surface area contributed by atoms with Crippen molar-refractivity contribution in [1.82, 2.24) is 24.9 Å². The Morgan fingerprint density at radius 2 is 2.06 bits per heavy atom. The highest BCUT2D eigenvalue weighted by Crippen LogP contribution is 2.32. The number of hydrogen-bond acceptors (Lipinski definition) is 4. The van der Waals surface area contributed by atoms with Gasteiger partial charge in [-0.2, -0.15) is 13.2 Å². The van der Waals surface area contributed by atoms with Crippen molar-refractivity contribution in [2.24, 2.45) is 0 Å². The van der Waals surface area contributed by atoms with Gasteiger partial charge >= 0.3 is 6.18 Å². The lowest BCUT2D eigenvalue weighted by Crippen LogP contribution is -2.56. The van der Waals surface area contributed by atoms with Gasteiger partial charge in [-0.3, -0.25) is 14.9 Å². The minimum Gasteiger partial charge on any atom is -0.350 e. The molecule has 0 bridgehead atoms. The molecule has 3 atom stereocenters. The van der Waals surface area contributed by atoms with E-state index in [4.69, 9.17) is 11.6 Å². The Labute approximate surface area is 209 Å². The van der Waals surface area contributed by atoms with Gasteiger partial charge in [-0.15, -0.1) is 0 Å². The third-order valence-electron chi connectivity index (χ3n) is 6.22. The zero-order valence-corrected chi connectivity index (χ0v) is 20.0. The van der Waals surface area contributed by atoms with Gasteiger partial charge in [-0.05, 0) is 49.2 Å². The van der Waals surface area contributed by atoms with Gasteiger partial charge < -0.3 is 14.6 Å². The number of carbonyl (C=O) groups is 2. The van der Waals surface area contributed by atoms with Gasteiger partial charge in [0.2, 0.25) is 5.91 Å². The number of imidazole rings is 1. The van der Waals surface area contributed by atoms with Gasteiger partial charge in [0.1, 0.15) is 5.82 Å². The molecular weight excluding hydrogens is 502 g/mol. The van der Waals surface area contributed by atoms with E-state index in [0.29, 0.717) is 29.6 Å². The molecule has 3 aromatic rings. The van der Waals surface area contributed by atoms with Crippen LogP contribution in [-0.4, -0.2) is 64.0 Å². The topological polar surface area (TPSA) is 78.7 Å². The number of aromatic nitrogens is 2. The first-order valence-electron chi connectivity index (χ1n) is 11.3. The first-order chi connectivity index (χ1) is 17.0. The van der Waals surface area contributed by atoms with Crippen LogP contribution >= 0.6 is 11.6 Å². The molecule has 12 heteroatoms.